The van der Waals surface area contributed by atoms with Gasteiger partial charge in [0, 0.05) is 0 Å². The van der Waals surface area contributed by atoms with Gasteiger partial charge in [-0.05, 0) is 43.1 Å². The average Bonchev–Trinajstić information content (AvgIpc) is 2.26. The summed E-state index contributed by atoms with van der Waals surface area (Å²) in [5.74, 6) is 0.777. The molecule has 0 atom stereocenters. The van der Waals surface area contributed by atoms with Crippen molar-refractivity contribution >= 4 is 17.7 Å². The summed E-state index contributed by atoms with van der Waals surface area (Å²) in [5, 5.41) is 0.707. The third kappa shape index (κ3) is 3.94. The van der Waals surface area contributed by atoms with Gasteiger partial charge in [-0.2, -0.15) is 0 Å². The van der Waals surface area contributed by atoms with Crippen molar-refractivity contribution in [1.82, 2.24) is 0 Å². The maximum atomic E-state index is 6.07. The molecule has 1 aromatic carbocycles. The number of ether oxygens (including phenoxy) is 1. The van der Waals surface area contributed by atoms with Crippen LogP contribution in [0.5, 0.6) is 5.75 Å². The van der Waals surface area contributed by atoms with E-state index in [9.17, 15) is 0 Å². The number of nitrogens with two attached hydrogens (primary N) is 1. The zero-order valence-electron chi connectivity index (χ0n) is 8.87. The third-order valence-electron chi connectivity index (χ3n) is 2.08. The highest BCUT2D eigenvalue weighted by Gasteiger charge is 1.98. The van der Waals surface area contributed by atoms with Crippen molar-refractivity contribution in [2.75, 3.05) is 13.7 Å². The largest absolute Gasteiger partial charge is 0.497 e. The quantitative estimate of drug-likeness (QED) is 0.782. The zero-order chi connectivity index (χ0) is 11.1. The summed E-state index contributed by atoms with van der Waals surface area (Å²) in [7, 11) is 1.63. The van der Waals surface area contributed by atoms with Crippen LogP contribution in [0, 0.1) is 0 Å². The van der Waals surface area contributed by atoms with Gasteiger partial charge in [0.1, 0.15) is 5.75 Å². The molecule has 0 fully saturated rings. The topological polar surface area (TPSA) is 35.2 Å². The number of methoxy groups -OCH3 is 1. The van der Waals surface area contributed by atoms with Gasteiger partial charge in [0.05, 0.1) is 12.1 Å². The molecular weight excluding hydrogens is 210 g/mol. The predicted octanol–water partition coefficient (Wildman–Crippen LogP) is 3.10. The Morgan fingerprint density at radius 3 is 2.87 bits per heavy atom. The molecule has 0 aliphatic carbocycles. The minimum Gasteiger partial charge on any atom is -0.497 e. The number of benzene rings is 1. The van der Waals surface area contributed by atoms with Gasteiger partial charge in [-0.25, -0.2) is 0 Å². The van der Waals surface area contributed by atoms with Crippen LogP contribution in [0.2, 0.25) is 5.02 Å². The highest BCUT2D eigenvalue weighted by atomic mass is 35.5. The molecule has 0 spiro atoms. The summed E-state index contributed by atoms with van der Waals surface area (Å²) < 4.78 is 5.07. The standard InChI is InChI=1S/C12H16ClNO/c1-15-11-7-6-10(12(13)9-11)5-3-2-4-8-14/h3,5-7,9H,2,4,8,14H2,1H3/b5-3+. The third-order valence-corrected chi connectivity index (χ3v) is 2.41. The van der Waals surface area contributed by atoms with Crippen molar-refractivity contribution in [2.45, 2.75) is 12.8 Å². The number of unbranched alkanes of at least 4 members (excludes halogenated alkanes) is 1. The van der Waals surface area contributed by atoms with Crippen LogP contribution in [0.15, 0.2) is 24.3 Å². The van der Waals surface area contributed by atoms with Crippen LogP contribution in [0.1, 0.15) is 18.4 Å². The Morgan fingerprint density at radius 1 is 1.47 bits per heavy atom. The fourth-order valence-electron chi connectivity index (χ4n) is 1.22. The van der Waals surface area contributed by atoms with Crippen LogP contribution in [0.25, 0.3) is 6.08 Å². The number of hydrogen-bond donors (Lipinski definition) is 1. The monoisotopic (exact) mass is 225 g/mol. The maximum absolute atomic E-state index is 6.07. The fourth-order valence-corrected chi connectivity index (χ4v) is 1.45. The second-order valence-corrected chi connectivity index (χ2v) is 3.63. The molecule has 0 saturated carbocycles. The highest BCUT2D eigenvalue weighted by Crippen LogP contribution is 2.23. The van der Waals surface area contributed by atoms with Crippen molar-refractivity contribution < 1.29 is 4.74 Å². The Labute approximate surface area is 95.7 Å². The maximum Gasteiger partial charge on any atom is 0.120 e. The molecule has 0 unspecified atom stereocenters. The fraction of sp³-hybridized carbons (Fsp3) is 0.333. The Hall–Kier alpha value is -0.990. The molecule has 0 aromatic heterocycles. The molecule has 3 heteroatoms. The number of hydrogen-bond acceptors (Lipinski definition) is 2. The smallest absolute Gasteiger partial charge is 0.120 e. The molecule has 1 rings (SSSR count). The first-order valence-electron chi connectivity index (χ1n) is 4.98. The minimum absolute atomic E-state index is 0.707. The predicted molar refractivity (Wildman–Crippen MR) is 65.3 cm³/mol. The van der Waals surface area contributed by atoms with E-state index in [2.05, 4.69) is 6.08 Å². The second kappa shape index (κ2) is 6.49. The lowest BCUT2D eigenvalue weighted by Crippen LogP contribution is -1.96. The summed E-state index contributed by atoms with van der Waals surface area (Å²) >= 11 is 6.07. The lowest BCUT2D eigenvalue weighted by molar-refractivity contribution is 0.415. The van der Waals surface area contributed by atoms with Crippen molar-refractivity contribution in [3.63, 3.8) is 0 Å². The van der Waals surface area contributed by atoms with E-state index in [1.807, 2.05) is 24.3 Å². The number of rotatable bonds is 5. The summed E-state index contributed by atoms with van der Waals surface area (Å²) in [6.45, 7) is 0.723. The van der Waals surface area contributed by atoms with Crippen LogP contribution < -0.4 is 10.5 Å². The zero-order valence-corrected chi connectivity index (χ0v) is 9.63. The molecule has 0 radical (unpaired) electrons. The molecule has 82 valence electrons. The molecule has 1 aromatic rings. The highest BCUT2D eigenvalue weighted by molar-refractivity contribution is 6.32. The second-order valence-electron chi connectivity index (χ2n) is 3.22. The first-order chi connectivity index (χ1) is 7.27. The molecule has 0 bridgehead atoms. The van der Waals surface area contributed by atoms with E-state index < -0.39 is 0 Å². The molecule has 0 saturated heterocycles. The molecule has 0 amide bonds. The molecule has 15 heavy (non-hydrogen) atoms. The van der Waals surface area contributed by atoms with E-state index in [4.69, 9.17) is 22.1 Å². The van der Waals surface area contributed by atoms with E-state index in [1.165, 1.54) is 0 Å². The minimum atomic E-state index is 0.707. The van der Waals surface area contributed by atoms with Crippen LogP contribution in [0.3, 0.4) is 0 Å². The van der Waals surface area contributed by atoms with Gasteiger partial charge in [0.15, 0.2) is 0 Å². The average molecular weight is 226 g/mol. The van der Waals surface area contributed by atoms with E-state index in [0.29, 0.717) is 5.02 Å². The lowest BCUT2D eigenvalue weighted by atomic mass is 10.2. The van der Waals surface area contributed by atoms with Gasteiger partial charge in [0.2, 0.25) is 0 Å². The summed E-state index contributed by atoms with van der Waals surface area (Å²) in [6, 6.07) is 5.65. The number of allylic oxidation sites excluding steroid dienone is 1. The normalized spacial score (nSPS) is 10.9. The molecule has 2 N–H and O–H groups in total. The Balaban J connectivity index is 2.65. The van der Waals surface area contributed by atoms with Gasteiger partial charge in [-0.15, -0.1) is 0 Å². The molecule has 0 heterocycles. The first-order valence-corrected chi connectivity index (χ1v) is 5.36. The van der Waals surface area contributed by atoms with Crippen molar-refractivity contribution in [2.24, 2.45) is 5.73 Å². The van der Waals surface area contributed by atoms with E-state index in [1.54, 1.807) is 7.11 Å². The van der Waals surface area contributed by atoms with Gasteiger partial charge in [-0.1, -0.05) is 23.8 Å². The van der Waals surface area contributed by atoms with Gasteiger partial charge in [0.25, 0.3) is 0 Å². The Kier molecular flexibility index (Phi) is 5.22. The van der Waals surface area contributed by atoms with Crippen molar-refractivity contribution in [1.29, 1.82) is 0 Å². The van der Waals surface area contributed by atoms with E-state index in [0.717, 1.165) is 30.7 Å². The Bertz CT molecular complexity index is 336. The van der Waals surface area contributed by atoms with Crippen molar-refractivity contribution in [3.8, 4) is 5.75 Å². The van der Waals surface area contributed by atoms with Crippen LogP contribution in [0.4, 0.5) is 0 Å². The first kappa shape index (κ1) is 12.1. The molecule has 2 nitrogen and oxygen atoms in total. The van der Waals surface area contributed by atoms with Gasteiger partial charge >= 0.3 is 0 Å². The summed E-state index contributed by atoms with van der Waals surface area (Å²) in [5.41, 5.74) is 6.41. The molecule has 0 aliphatic rings. The van der Waals surface area contributed by atoms with Crippen LogP contribution in [-0.2, 0) is 0 Å². The van der Waals surface area contributed by atoms with E-state index in [-0.39, 0.29) is 0 Å². The lowest BCUT2D eigenvalue weighted by Gasteiger charge is -2.02. The van der Waals surface area contributed by atoms with Crippen LogP contribution in [-0.4, -0.2) is 13.7 Å². The number of halogens is 1. The van der Waals surface area contributed by atoms with Crippen molar-refractivity contribution in [3.05, 3.63) is 34.9 Å². The molecule has 0 aliphatic heterocycles. The summed E-state index contributed by atoms with van der Waals surface area (Å²) in [4.78, 5) is 0. The van der Waals surface area contributed by atoms with Gasteiger partial charge < -0.3 is 10.5 Å². The SMILES string of the molecule is COc1ccc(/C=C/CCCN)c(Cl)c1. The van der Waals surface area contributed by atoms with E-state index >= 15 is 0 Å². The van der Waals surface area contributed by atoms with Crippen LogP contribution >= 0.6 is 11.6 Å². The molecular formula is C12H16ClNO. The Morgan fingerprint density at radius 2 is 2.27 bits per heavy atom. The van der Waals surface area contributed by atoms with Gasteiger partial charge in [-0.3, -0.25) is 0 Å². The summed E-state index contributed by atoms with van der Waals surface area (Å²) in [6.07, 6.45) is 6.08.